The summed E-state index contributed by atoms with van der Waals surface area (Å²) in [5.74, 6) is -0.830. The Labute approximate surface area is 116 Å². The number of carbonyl (C=O) groups excluding carboxylic acids is 1. The Bertz CT molecular complexity index is 488. The molecule has 0 bridgehead atoms. The number of nitrogens with one attached hydrogen (secondary N) is 1. The molecule has 7 heteroatoms. The van der Waals surface area contributed by atoms with Crippen molar-refractivity contribution in [1.82, 2.24) is 5.32 Å². The second-order valence-corrected chi connectivity index (χ2v) is 3.96. The number of carbonyl (C=O) groups is 2. The van der Waals surface area contributed by atoms with Gasteiger partial charge in [-0.2, -0.15) is 0 Å². The van der Waals surface area contributed by atoms with Crippen LogP contribution in [-0.2, 0) is 4.79 Å². The third-order valence-electron chi connectivity index (χ3n) is 2.64. The molecule has 20 heavy (non-hydrogen) atoms. The predicted molar refractivity (Wildman–Crippen MR) is 70.1 cm³/mol. The van der Waals surface area contributed by atoms with Crippen LogP contribution in [0.15, 0.2) is 18.2 Å². The highest BCUT2D eigenvalue weighted by Crippen LogP contribution is 2.24. The number of hydrogen-bond donors (Lipinski definition) is 3. The molecule has 1 atom stereocenters. The van der Waals surface area contributed by atoms with Crippen LogP contribution in [-0.4, -0.2) is 49.0 Å². The highest BCUT2D eigenvalue weighted by Gasteiger charge is 2.15. The number of ether oxygens (including phenoxy) is 2. The summed E-state index contributed by atoms with van der Waals surface area (Å²) in [6.45, 7) is 0.0431. The number of aliphatic carboxylic acids is 1. The quantitative estimate of drug-likeness (QED) is 0.663. The van der Waals surface area contributed by atoms with Crippen molar-refractivity contribution < 1.29 is 29.3 Å². The van der Waals surface area contributed by atoms with E-state index in [0.29, 0.717) is 17.1 Å². The Morgan fingerprint density at radius 3 is 2.55 bits per heavy atom. The Kier molecular flexibility index (Phi) is 5.79. The van der Waals surface area contributed by atoms with Gasteiger partial charge in [-0.15, -0.1) is 0 Å². The van der Waals surface area contributed by atoms with Crippen LogP contribution in [0.4, 0.5) is 0 Å². The van der Waals surface area contributed by atoms with Crippen molar-refractivity contribution in [2.75, 3.05) is 20.8 Å². The number of aliphatic hydroxyl groups excluding tert-OH is 1. The first kappa shape index (κ1) is 15.8. The molecule has 0 aliphatic carbocycles. The van der Waals surface area contributed by atoms with E-state index in [9.17, 15) is 9.59 Å². The number of methoxy groups -OCH3 is 2. The first-order valence-corrected chi connectivity index (χ1v) is 5.90. The van der Waals surface area contributed by atoms with Gasteiger partial charge in [-0.3, -0.25) is 4.79 Å². The van der Waals surface area contributed by atoms with E-state index in [1.165, 1.54) is 14.2 Å². The topological polar surface area (TPSA) is 105 Å². The summed E-state index contributed by atoms with van der Waals surface area (Å²) < 4.78 is 10.1. The summed E-state index contributed by atoms with van der Waals surface area (Å²) in [7, 11) is 2.93. The van der Waals surface area contributed by atoms with Gasteiger partial charge in [-0.25, -0.2) is 4.79 Å². The zero-order valence-electron chi connectivity index (χ0n) is 11.3. The highest BCUT2D eigenvalue weighted by molar-refractivity contribution is 5.97. The van der Waals surface area contributed by atoms with Gasteiger partial charge in [0.25, 0.3) is 5.91 Å². The zero-order chi connectivity index (χ0) is 15.1. The van der Waals surface area contributed by atoms with Crippen molar-refractivity contribution >= 4 is 11.9 Å². The molecule has 0 radical (unpaired) electrons. The Morgan fingerprint density at radius 1 is 1.30 bits per heavy atom. The third-order valence-corrected chi connectivity index (χ3v) is 2.64. The van der Waals surface area contributed by atoms with Crippen LogP contribution in [0.25, 0.3) is 0 Å². The fraction of sp³-hybridized carbons (Fsp3) is 0.385. The maximum atomic E-state index is 11.9. The molecule has 1 amide bonds. The van der Waals surface area contributed by atoms with Crippen LogP contribution >= 0.6 is 0 Å². The molecule has 3 N–H and O–H groups in total. The zero-order valence-corrected chi connectivity index (χ0v) is 11.3. The van der Waals surface area contributed by atoms with Crippen LogP contribution in [0.2, 0.25) is 0 Å². The van der Waals surface area contributed by atoms with E-state index in [-0.39, 0.29) is 13.0 Å². The van der Waals surface area contributed by atoms with E-state index in [4.69, 9.17) is 19.7 Å². The lowest BCUT2D eigenvalue weighted by atomic mass is 10.1. The van der Waals surface area contributed by atoms with Crippen LogP contribution in [0.3, 0.4) is 0 Å². The predicted octanol–water partition coefficient (Wildman–Crippen LogP) is 0.269. The summed E-state index contributed by atoms with van der Waals surface area (Å²) in [6.07, 6.45) is -1.56. The molecule has 0 unspecified atom stereocenters. The minimum atomic E-state index is -1.49. The van der Waals surface area contributed by atoms with Gasteiger partial charge in [0.05, 0.1) is 19.8 Å². The molecule has 0 saturated carbocycles. The van der Waals surface area contributed by atoms with Gasteiger partial charge in [0, 0.05) is 19.0 Å². The molecule has 0 aliphatic heterocycles. The Balaban J connectivity index is 2.65. The second kappa shape index (κ2) is 7.34. The smallest absolute Gasteiger partial charge is 0.332 e. The van der Waals surface area contributed by atoms with Gasteiger partial charge in [-0.1, -0.05) is 0 Å². The molecular weight excluding hydrogens is 266 g/mol. The summed E-state index contributed by atoms with van der Waals surface area (Å²) >= 11 is 0. The monoisotopic (exact) mass is 283 g/mol. The van der Waals surface area contributed by atoms with E-state index in [1.807, 2.05) is 0 Å². The SMILES string of the molecule is COc1ccc(C(=O)NCC[C@H](O)C(=O)O)c(OC)c1. The van der Waals surface area contributed by atoms with Gasteiger partial charge in [0.15, 0.2) is 6.10 Å². The average Bonchev–Trinajstić information content (AvgIpc) is 2.45. The number of amides is 1. The van der Waals surface area contributed by atoms with Gasteiger partial charge in [0.1, 0.15) is 11.5 Å². The summed E-state index contributed by atoms with van der Waals surface area (Å²) in [5, 5.41) is 20.1. The minimum Gasteiger partial charge on any atom is -0.497 e. The van der Waals surface area contributed by atoms with Crippen molar-refractivity contribution in [3.8, 4) is 11.5 Å². The summed E-state index contributed by atoms with van der Waals surface area (Å²) in [4.78, 5) is 22.3. The van der Waals surface area contributed by atoms with E-state index in [0.717, 1.165) is 0 Å². The number of aliphatic hydroxyl groups is 1. The number of rotatable bonds is 7. The maximum Gasteiger partial charge on any atom is 0.332 e. The molecule has 0 aliphatic rings. The van der Waals surface area contributed by atoms with Crippen molar-refractivity contribution in [3.05, 3.63) is 23.8 Å². The molecule has 0 heterocycles. The van der Waals surface area contributed by atoms with E-state index >= 15 is 0 Å². The fourth-order valence-corrected chi connectivity index (χ4v) is 1.53. The molecule has 110 valence electrons. The lowest BCUT2D eigenvalue weighted by Gasteiger charge is -2.11. The van der Waals surface area contributed by atoms with Crippen LogP contribution in [0.1, 0.15) is 16.8 Å². The minimum absolute atomic E-state index is 0.0431. The lowest BCUT2D eigenvalue weighted by molar-refractivity contribution is -0.146. The van der Waals surface area contributed by atoms with E-state index in [1.54, 1.807) is 18.2 Å². The Morgan fingerprint density at radius 2 is 2.00 bits per heavy atom. The standard InChI is InChI=1S/C13H17NO6/c1-19-8-3-4-9(11(7-8)20-2)12(16)14-6-5-10(15)13(17)18/h3-4,7,10,15H,5-6H2,1-2H3,(H,14,16)(H,17,18)/t10-/m0/s1. The molecule has 0 fully saturated rings. The molecule has 0 spiro atoms. The van der Waals surface area contributed by atoms with E-state index < -0.39 is 18.0 Å². The average molecular weight is 283 g/mol. The van der Waals surface area contributed by atoms with Crippen molar-refractivity contribution in [2.24, 2.45) is 0 Å². The molecule has 0 aromatic heterocycles. The third kappa shape index (κ3) is 4.13. The van der Waals surface area contributed by atoms with Crippen LogP contribution in [0, 0.1) is 0 Å². The van der Waals surface area contributed by atoms with Crippen molar-refractivity contribution in [1.29, 1.82) is 0 Å². The van der Waals surface area contributed by atoms with Crippen LogP contribution < -0.4 is 14.8 Å². The first-order chi connectivity index (χ1) is 9.49. The van der Waals surface area contributed by atoms with Crippen LogP contribution in [0.5, 0.6) is 11.5 Å². The molecule has 1 aromatic carbocycles. The fourth-order valence-electron chi connectivity index (χ4n) is 1.53. The van der Waals surface area contributed by atoms with Gasteiger partial charge in [0.2, 0.25) is 0 Å². The maximum absolute atomic E-state index is 11.9. The van der Waals surface area contributed by atoms with Crippen molar-refractivity contribution in [3.63, 3.8) is 0 Å². The van der Waals surface area contributed by atoms with Gasteiger partial charge in [-0.05, 0) is 12.1 Å². The normalized spacial score (nSPS) is 11.6. The highest BCUT2D eigenvalue weighted by atomic mass is 16.5. The second-order valence-electron chi connectivity index (χ2n) is 3.96. The lowest BCUT2D eigenvalue weighted by Crippen LogP contribution is -2.30. The largest absolute Gasteiger partial charge is 0.497 e. The number of hydrogen-bond acceptors (Lipinski definition) is 5. The number of carboxylic acids is 1. The molecule has 0 saturated heterocycles. The molecule has 1 rings (SSSR count). The van der Waals surface area contributed by atoms with Gasteiger partial charge < -0.3 is 25.0 Å². The summed E-state index contributed by atoms with van der Waals surface area (Å²) in [5.41, 5.74) is 0.304. The van der Waals surface area contributed by atoms with Gasteiger partial charge >= 0.3 is 5.97 Å². The Hall–Kier alpha value is -2.28. The summed E-state index contributed by atoms with van der Waals surface area (Å²) in [6, 6.07) is 4.73. The van der Waals surface area contributed by atoms with E-state index in [2.05, 4.69) is 5.32 Å². The number of carboxylic acid groups (broad SMARTS) is 1. The van der Waals surface area contributed by atoms with Crippen molar-refractivity contribution in [2.45, 2.75) is 12.5 Å². The number of benzene rings is 1. The molecular formula is C13H17NO6. The molecule has 7 nitrogen and oxygen atoms in total. The first-order valence-electron chi connectivity index (χ1n) is 5.90. The molecule has 1 aromatic rings.